The Morgan fingerprint density at radius 2 is 2.00 bits per heavy atom. The van der Waals surface area contributed by atoms with Gasteiger partial charge in [0.2, 0.25) is 0 Å². The van der Waals surface area contributed by atoms with Crippen LogP contribution in [0, 0.1) is 0 Å². The summed E-state index contributed by atoms with van der Waals surface area (Å²) in [5.41, 5.74) is 3.05. The van der Waals surface area contributed by atoms with Gasteiger partial charge in [-0.2, -0.15) is 0 Å². The van der Waals surface area contributed by atoms with Crippen molar-refractivity contribution in [3.05, 3.63) is 65.5 Å². The van der Waals surface area contributed by atoms with Crippen LogP contribution in [-0.2, 0) is 13.1 Å². The number of likely N-dealkylation sites (tertiary alicyclic amines) is 1. The fourth-order valence-electron chi connectivity index (χ4n) is 3.71. The van der Waals surface area contributed by atoms with E-state index in [1.165, 1.54) is 5.56 Å². The minimum atomic E-state index is 0.152. The average Bonchev–Trinajstić information content (AvgIpc) is 2.93. The van der Waals surface area contributed by atoms with E-state index in [2.05, 4.69) is 40.2 Å². The van der Waals surface area contributed by atoms with Crippen LogP contribution in [0.25, 0.3) is 0 Å². The molecule has 2 aliphatic rings. The van der Waals surface area contributed by atoms with Crippen molar-refractivity contribution in [3.8, 4) is 0 Å². The SMILES string of the molecule is O=C1c2cccnc2CN1[C@H]1CCCN(Cc2ccccc2)C1. The van der Waals surface area contributed by atoms with E-state index in [4.69, 9.17) is 0 Å². The van der Waals surface area contributed by atoms with Crippen molar-refractivity contribution in [1.29, 1.82) is 0 Å². The highest BCUT2D eigenvalue weighted by atomic mass is 16.2. The molecule has 0 aliphatic carbocycles. The molecule has 4 nitrogen and oxygen atoms in total. The zero-order chi connectivity index (χ0) is 15.6. The summed E-state index contributed by atoms with van der Waals surface area (Å²) < 4.78 is 0. The van der Waals surface area contributed by atoms with Gasteiger partial charge in [0.05, 0.1) is 17.8 Å². The predicted octanol–water partition coefficient (Wildman–Crippen LogP) is 2.70. The number of carbonyl (C=O) groups is 1. The maximum atomic E-state index is 12.6. The first-order valence-electron chi connectivity index (χ1n) is 8.32. The van der Waals surface area contributed by atoms with Gasteiger partial charge in [-0.1, -0.05) is 30.3 Å². The van der Waals surface area contributed by atoms with Crippen molar-refractivity contribution in [1.82, 2.24) is 14.8 Å². The summed E-state index contributed by atoms with van der Waals surface area (Å²) in [6, 6.07) is 14.6. The molecular weight excluding hydrogens is 286 g/mol. The van der Waals surface area contributed by atoms with Gasteiger partial charge < -0.3 is 4.90 Å². The number of piperidine rings is 1. The maximum Gasteiger partial charge on any atom is 0.256 e. The van der Waals surface area contributed by atoms with Crippen LogP contribution >= 0.6 is 0 Å². The zero-order valence-electron chi connectivity index (χ0n) is 13.2. The van der Waals surface area contributed by atoms with Crippen molar-refractivity contribution in [3.63, 3.8) is 0 Å². The van der Waals surface area contributed by atoms with Crippen LogP contribution in [0.1, 0.15) is 34.5 Å². The highest BCUT2D eigenvalue weighted by Crippen LogP contribution is 2.27. The molecule has 3 heterocycles. The third-order valence-corrected chi connectivity index (χ3v) is 4.87. The Labute approximate surface area is 136 Å². The van der Waals surface area contributed by atoms with Gasteiger partial charge in [0, 0.05) is 25.3 Å². The molecule has 1 aromatic heterocycles. The standard InChI is InChI=1S/C19H21N3O/c23-19-17-9-4-10-20-18(17)14-22(19)16-8-5-11-21(13-16)12-15-6-2-1-3-7-15/h1-4,6-7,9-10,16H,5,8,11-14H2/t16-/m0/s1. The van der Waals surface area contributed by atoms with Crippen LogP contribution in [0.5, 0.6) is 0 Å². The lowest BCUT2D eigenvalue weighted by Crippen LogP contribution is -2.47. The third-order valence-electron chi connectivity index (χ3n) is 4.87. The minimum absolute atomic E-state index is 0.152. The summed E-state index contributed by atoms with van der Waals surface area (Å²) in [5, 5.41) is 0. The van der Waals surface area contributed by atoms with Gasteiger partial charge >= 0.3 is 0 Å². The number of carbonyl (C=O) groups excluding carboxylic acids is 1. The van der Waals surface area contributed by atoms with Gasteiger partial charge in [-0.15, -0.1) is 0 Å². The van der Waals surface area contributed by atoms with E-state index in [-0.39, 0.29) is 5.91 Å². The van der Waals surface area contributed by atoms with E-state index in [1.807, 2.05) is 17.0 Å². The van der Waals surface area contributed by atoms with Gasteiger partial charge in [0.25, 0.3) is 5.91 Å². The number of aromatic nitrogens is 1. The molecule has 0 unspecified atom stereocenters. The quantitative estimate of drug-likeness (QED) is 0.875. The highest BCUT2D eigenvalue weighted by molar-refractivity contribution is 5.97. The van der Waals surface area contributed by atoms with Gasteiger partial charge in [-0.3, -0.25) is 14.7 Å². The third kappa shape index (κ3) is 2.86. The number of amides is 1. The number of rotatable bonds is 3. The normalized spacial score (nSPS) is 21.5. The van der Waals surface area contributed by atoms with Crippen molar-refractivity contribution >= 4 is 5.91 Å². The summed E-state index contributed by atoms with van der Waals surface area (Å²) in [7, 11) is 0. The fraction of sp³-hybridized carbons (Fsp3) is 0.368. The van der Waals surface area contributed by atoms with Crippen LogP contribution in [0.2, 0.25) is 0 Å². The maximum absolute atomic E-state index is 12.6. The molecule has 1 amide bonds. The van der Waals surface area contributed by atoms with E-state index in [0.717, 1.165) is 43.7 Å². The summed E-state index contributed by atoms with van der Waals surface area (Å²) in [4.78, 5) is 21.5. The summed E-state index contributed by atoms with van der Waals surface area (Å²) >= 11 is 0. The molecule has 2 aliphatic heterocycles. The number of hydrogen-bond donors (Lipinski definition) is 0. The molecule has 23 heavy (non-hydrogen) atoms. The van der Waals surface area contributed by atoms with Crippen LogP contribution < -0.4 is 0 Å². The van der Waals surface area contributed by atoms with Crippen molar-refractivity contribution in [2.45, 2.75) is 32.0 Å². The molecule has 4 rings (SSSR count). The van der Waals surface area contributed by atoms with Crippen LogP contribution in [0.3, 0.4) is 0 Å². The van der Waals surface area contributed by atoms with Gasteiger partial charge in [-0.25, -0.2) is 0 Å². The number of fused-ring (bicyclic) bond motifs is 1. The molecule has 1 atom stereocenters. The predicted molar refractivity (Wildman–Crippen MR) is 88.9 cm³/mol. The average molecular weight is 307 g/mol. The monoisotopic (exact) mass is 307 g/mol. The number of hydrogen-bond acceptors (Lipinski definition) is 3. The van der Waals surface area contributed by atoms with Crippen LogP contribution in [0.15, 0.2) is 48.7 Å². The van der Waals surface area contributed by atoms with Crippen molar-refractivity contribution < 1.29 is 4.79 Å². The van der Waals surface area contributed by atoms with Gasteiger partial charge in [-0.05, 0) is 37.1 Å². The Balaban J connectivity index is 1.45. The molecule has 1 fully saturated rings. The van der Waals surface area contributed by atoms with Gasteiger partial charge in [0.1, 0.15) is 0 Å². The highest BCUT2D eigenvalue weighted by Gasteiger charge is 2.35. The lowest BCUT2D eigenvalue weighted by molar-refractivity contribution is 0.0557. The molecule has 0 bridgehead atoms. The van der Waals surface area contributed by atoms with Gasteiger partial charge in [0.15, 0.2) is 0 Å². The lowest BCUT2D eigenvalue weighted by Gasteiger charge is -2.37. The second-order valence-corrected chi connectivity index (χ2v) is 6.45. The molecule has 118 valence electrons. The molecule has 0 spiro atoms. The molecule has 2 aromatic rings. The molecule has 0 N–H and O–H groups in total. The minimum Gasteiger partial charge on any atom is -0.328 e. The molecule has 1 saturated heterocycles. The first kappa shape index (κ1) is 14.4. The molecule has 1 aromatic carbocycles. The van der Waals surface area contributed by atoms with Crippen molar-refractivity contribution in [2.75, 3.05) is 13.1 Å². The second kappa shape index (κ2) is 6.13. The number of nitrogens with zero attached hydrogens (tertiary/aromatic N) is 3. The molecular formula is C19H21N3O. The van der Waals surface area contributed by atoms with Crippen molar-refractivity contribution in [2.24, 2.45) is 0 Å². The smallest absolute Gasteiger partial charge is 0.256 e. The summed E-state index contributed by atoms with van der Waals surface area (Å²) in [6.07, 6.45) is 4.01. The fourth-order valence-corrected chi connectivity index (χ4v) is 3.71. The Hall–Kier alpha value is -2.20. The van der Waals surface area contributed by atoms with Crippen LogP contribution in [-0.4, -0.2) is 39.8 Å². The molecule has 4 heteroatoms. The lowest BCUT2D eigenvalue weighted by atomic mass is 10.0. The van der Waals surface area contributed by atoms with E-state index in [1.54, 1.807) is 6.20 Å². The van der Waals surface area contributed by atoms with Crippen LogP contribution in [0.4, 0.5) is 0 Å². The Morgan fingerprint density at radius 1 is 1.13 bits per heavy atom. The number of benzene rings is 1. The Kier molecular flexibility index (Phi) is 3.83. The Morgan fingerprint density at radius 3 is 2.83 bits per heavy atom. The second-order valence-electron chi connectivity index (χ2n) is 6.45. The number of pyridine rings is 1. The van der Waals surface area contributed by atoms with E-state index >= 15 is 0 Å². The van der Waals surface area contributed by atoms with E-state index in [0.29, 0.717) is 12.6 Å². The molecule has 0 saturated carbocycles. The first-order valence-corrected chi connectivity index (χ1v) is 8.32. The zero-order valence-corrected chi connectivity index (χ0v) is 13.2. The van der Waals surface area contributed by atoms with E-state index in [9.17, 15) is 4.79 Å². The largest absolute Gasteiger partial charge is 0.328 e. The summed E-state index contributed by atoms with van der Waals surface area (Å²) in [5.74, 6) is 0.152. The topological polar surface area (TPSA) is 36.4 Å². The Bertz CT molecular complexity index is 701. The summed E-state index contributed by atoms with van der Waals surface area (Å²) in [6.45, 7) is 3.69. The first-order chi connectivity index (χ1) is 11.3. The van der Waals surface area contributed by atoms with E-state index < -0.39 is 0 Å². The molecule has 0 radical (unpaired) electrons.